The second-order valence-corrected chi connectivity index (χ2v) is 6.54. The first-order chi connectivity index (χ1) is 12.7. The van der Waals surface area contributed by atoms with Crippen molar-refractivity contribution in [2.75, 3.05) is 23.8 Å². The zero-order valence-electron chi connectivity index (χ0n) is 14.2. The van der Waals surface area contributed by atoms with Crippen molar-refractivity contribution >= 4 is 29.2 Å². The highest BCUT2D eigenvalue weighted by Gasteiger charge is 2.29. The summed E-state index contributed by atoms with van der Waals surface area (Å²) in [6, 6.07) is 11.9. The van der Waals surface area contributed by atoms with Crippen LogP contribution in [0.15, 0.2) is 47.5 Å². The van der Waals surface area contributed by atoms with Crippen molar-refractivity contribution < 1.29 is 13.9 Å². The molecule has 2 aromatic rings. The molecular weight excluding hydrogens is 333 g/mol. The predicted octanol–water partition coefficient (Wildman–Crippen LogP) is 3.85. The summed E-state index contributed by atoms with van der Waals surface area (Å²) in [5.74, 6) is -1.12. The number of anilines is 2. The Kier molecular flexibility index (Phi) is 4.67. The molecule has 1 amide bonds. The highest BCUT2D eigenvalue weighted by molar-refractivity contribution is 6.12. The molecule has 2 N–H and O–H groups in total. The number of hydrogen-bond acceptors (Lipinski definition) is 4. The fourth-order valence-corrected chi connectivity index (χ4v) is 3.27. The number of halogens is 1. The lowest BCUT2D eigenvalue weighted by molar-refractivity contribution is -0.115. The Morgan fingerprint density at radius 1 is 1.27 bits per heavy atom. The topological polar surface area (TPSA) is 62.7 Å². The van der Waals surface area contributed by atoms with Crippen LogP contribution in [0.1, 0.15) is 24.3 Å². The van der Waals surface area contributed by atoms with Gasteiger partial charge in [-0.15, -0.1) is 0 Å². The van der Waals surface area contributed by atoms with E-state index in [2.05, 4.69) is 15.6 Å². The number of amides is 1. The largest absolute Gasteiger partial charge is 0.382 e. The Morgan fingerprint density at radius 3 is 2.88 bits per heavy atom. The maximum Gasteiger partial charge on any atom is 0.237 e. The van der Waals surface area contributed by atoms with Crippen molar-refractivity contribution in [3.63, 3.8) is 0 Å². The van der Waals surface area contributed by atoms with Crippen LogP contribution < -0.4 is 10.6 Å². The van der Waals surface area contributed by atoms with Crippen molar-refractivity contribution in [1.29, 1.82) is 0 Å². The average molecular weight is 353 g/mol. The van der Waals surface area contributed by atoms with Crippen LogP contribution in [-0.4, -0.2) is 31.4 Å². The van der Waals surface area contributed by atoms with Gasteiger partial charge in [-0.1, -0.05) is 0 Å². The Balaban J connectivity index is 1.41. The maximum atomic E-state index is 13.5. The minimum atomic E-state index is -0.571. The van der Waals surface area contributed by atoms with Gasteiger partial charge in [-0.3, -0.25) is 9.79 Å². The molecule has 5 nitrogen and oxygen atoms in total. The van der Waals surface area contributed by atoms with Crippen LogP contribution in [0.5, 0.6) is 0 Å². The summed E-state index contributed by atoms with van der Waals surface area (Å²) in [4.78, 5) is 16.5. The fraction of sp³-hybridized carbons (Fsp3) is 0.300. The number of benzene rings is 2. The molecule has 0 bridgehead atoms. The summed E-state index contributed by atoms with van der Waals surface area (Å²) in [5, 5.41) is 6.10. The monoisotopic (exact) mass is 353 g/mol. The summed E-state index contributed by atoms with van der Waals surface area (Å²) in [6.07, 6.45) is 4.08. The van der Waals surface area contributed by atoms with Gasteiger partial charge in [0.2, 0.25) is 5.91 Å². The molecule has 2 unspecified atom stereocenters. The van der Waals surface area contributed by atoms with Gasteiger partial charge in [0, 0.05) is 30.7 Å². The molecule has 2 atom stereocenters. The lowest BCUT2D eigenvalue weighted by Crippen LogP contribution is -2.18. The van der Waals surface area contributed by atoms with Gasteiger partial charge in [0.25, 0.3) is 0 Å². The molecular formula is C20H20FN3O2. The summed E-state index contributed by atoms with van der Waals surface area (Å²) in [6.45, 7) is 1.65. The number of hydrogen-bond donors (Lipinski definition) is 2. The van der Waals surface area contributed by atoms with E-state index >= 15 is 0 Å². The van der Waals surface area contributed by atoms with Gasteiger partial charge in [0.1, 0.15) is 11.7 Å². The predicted molar refractivity (Wildman–Crippen MR) is 99.8 cm³/mol. The number of carbonyl (C=O) groups excluding carboxylic acids is 1. The number of fused-ring (bicyclic) bond motifs is 1. The van der Waals surface area contributed by atoms with E-state index in [1.807, 2.05) is 24.3 Å². The molecule has 4 rings (SSSR count). The second kappa shape index (κ2) is 7.25. The maximum absolute atomic E-state index is 13.5. The van der Waals surface area contributed by atoms with Crippen LogP contribution in [0.3, 0.4) is 0 Å². The van der Waals surface area contributed by atoms with E-state index < -0.39 is 5.92 Å². The lowest BCUT2D eigenvalue weighted by atomic mass is 10.0. The highest BCUT2D eigenvalue weighted by Crippen LogP contribution is 2.32. The summed E-state index contributed by atoms with van der Waals surface area (Å²) in [7, 11) is 0. The van der Waals surface area contributed by atoms with E-state index in [1.54, 1.807) is 12.3 Å². The molecule has 134 valence electrons. The van der Waals surface area contributed by atoms with Crippen molar-refractivity contribution in [2.24, 2.45) is 4.99 Å². The third-order valence-corrected chi connectivity index (χ3v) is 4.69. The van der Waals surface area contributed by atoms with E-state index in [9.17, 15) is 9.18 Å². The number of ether oxygens (including phenoxy) is 1. The molecule has 0 spiro atoms. The van der Waals surface area contributed by atoms with Crippen molar-refractivity contribution in [1.82, 2.24) is 0 Å². The normalized spacial score (nSPS) is 21.8. The molecule has 0 saturated carbocycles. The van der Waals surface area contributed by atoms with Crippen molar-refractivity contribution in [2.45, 2.75) is 24.9 Å². The molecule has 1 saturated heterocycles. The fourth-order valence-electron chi connectivity index (χ4n) is 3.27. The van der Waals surface area contributed by atoms with Gasteiger partial charge >= 0.3 is 0 Å². The first-order valence-electron chi connectivity index (χ1n) is 8.79. The Hall–Kier alpha value is -2.73. The Bertz CT molecular complexity index is 829. The molecule has 6 heteroatoms. The molecule has 2 heterocycles. The molecule has 2 aromatic carbocycles. The van der Waals surface area contributed by atoms with E-state index in [1.165, 1.54) is 12.1 Å². The lowest BCUT2D eigenvalue weighted by Gasteiger charge is -2.11. The first kappa shape index (κ1) is 16.7. The van der Waals surface area contributed by atoms with E-state index in [0.717, 1.165) is 37.4 Å². The minimum Gasteiger partial charge on any atom is -0.382 e. The van der Waals surface area contributed by atoms with Crippen molar-refractivity contribution in [3.05, 3.63) is 53.8 Å². The van der Waals surface area contributed by atoms with Gasteiger partial charge in [-0.2, -0.15) is 0 Å². The molecule has 0 radical (unpaired) electrons. The number of aliphatic imine (C=N–C) groups is 1. The first-order valence-corrected chi connectivity index (χ1v) is 8.79. The number of nitrogens with zero attached hydrogens (tertiary/aromatic N) is 1. The highest BCUT2D eigenvalue weighted by atomic mass is 19.1. The van der Waals surface area contributed by atoms with Gasteiger partial charge < -0.3 is 15.4 Å². The molecule has 0 aromatic heterocycles. The van der Waals surface area contributed by atoms with Gasteiger partial charge in [-0.05, 0) is 60.9 Å². The van der Waals surface area contributed by atoms with Gasteiger partial charge in [-0.25, -0.2) is 4.39 Å². The summed E-state index contributed by atoms with van der Waals surface area (Å²) < 4.78 is 19.0. The SMILES string of the molecule is O=C1Nc2ccc(F)cc2C1C=Nc1ccc(NCC2CCCO2)cc1. The zero-order valence-corrected chi connectivity index (χ0v) is 14.2. The number of nitrogens with one attached hydrogen (secondary N) is 2. The van der Waals surface area contributed by atoms with Gasteiger partial charge in [0.15, 0.2) is 0 Å². The smallest absolute Gasteiger partial charge is 0.237 e. The Labute approximate surface area is 151 Å². The molecule has 1 fully saturated rings. The van der Waals surface area contributed by atoms with E-state index in [4.69, 9.17) is 4.74 Å². The van der Waals surface area contributed by atoms with Crippen LogP contribution in [0.4, 0.5) is 21.5 Å². The third-order valence-electron chi connectivity index (χ3n) is 4.69. The van der Waals surface area contributed by atoms with Crippen LogP contribution in [0.25, 0.3) is 0 Å². The molecule has 26 heavy (non-hydrogen) atoms. The van der Waals surface area contributed by atoms with Crippen molar-refractivity contribution in [3.8, 4) is 0 Å². The standard InChI is InChI=1S/C20H20FN3O2/c21-13-3-8-19-17(10-13)18(20(25)24-19)12-23-15-6-4-14(5-7-15)22-11-16-2-1-9-26-16/h3-8,10,12,16,18,22H,1-2,9,11H2,(H,24,25). The van der Waals surface area contributed by atoms with Crippen LogP contribution in [0.2, 0.25) is 0 Å². The van der Waals surface area contributed by atoms with E-state index in [0.29, 0.717) is 11.3 Å². The number of rotatable bonds is 5. The average Bonchev–Trinajstić information content (AvgIpc) is 3.26. The molecule has 2 aliphatic heterocycles. The summed E-state index contributed by atoms with van der Waals surface area (Å²) in [5.41, 5.74) is 3.01. The van der Waals surface area contributed by atoms with Crippen LogP contribution in [0, 0.1) is 5.82 Å². The number of carbonyl (C=O) groups is 1. The van der Waals surface area contributed by atoms with Crippen LogP contribution in [-0.2, 0) is 9.53 Å². The third kappa shape index (κ3) is 3.60. The van der Waals surface area contributed by atoms with Gasteiger partial charge in [0.05, 0.1) is 11.8 Å². The molecule has 0 aliphatic carbocycles. The summed E-state index contributed by atoms with van der Waals surface area (Å²) >= 11 is 0. The quantitative estimate of drug-likeness (QED) is 0.803. The second-order valence-electron chi connectivity index (χ2n) is 6.54. The molecule has 2 aliphatic rings. The zero-order chi connectivity index (χ0) is 17.9. The minimum absolute atomic E-state index is 0.191. The van der Waals surface area contributed by atoms with Crippen LogP contribution >= 0.6 is 0 Å². The Morgan fingerprint density at radius 2 is 2.12 bits per heavy atom. The van der Waals surface area contributed by atoms with E-state index in [-0.39, 0.29) is 17.8 Å².